The Balaban J connectivity index is 1.72. The topological polar surface area (TPSA) is 102 Å². The smallest absolute Gasteiger partial charge is 0.263 e. The van der Waals surface area contributed by atoms with Gasteiger partial charge in [-0.15, -0.1) is 11.3 Å². The molecule has 0 saturated carbocycles. The second-order valence-electron chi connectivity index (χ2n) is 5.55. The van der Waals surface area contributed by atoms with Crippen molar-refractivity contribution < 1.29 is 14.1 Å². The van der Waals surface area contributed by atoms with E-state index < -0.39 is 5.91 Å². The van der Waals surface area contributed by atoms with Crippen LogP contribution in [0.25, 0.3) is 0 Å². The van der Waals surface area contributed by atoms with Crippen molar-refractivity contribution in [3.63, 3.8) is 0 Å². The Kier molecular flexibility index (Phi) is 4.42. The highest BCUT2D eigenvalue weighted by molar-refractivity contribution is 7.12. The summed E-state index contributed by atoms with van der Waals surface area (Å²) in [4.78, 5) is 30.4. The zero-order valence-corrected chi connectivity index (χ0v) is 13.6. The van der Waals surface area contributed by atoms with Gasteiger partial charge in [-0.1, -0.05) is 12.1 Å². The number of aromatic nitrogens is 2. The van der Waals surface area contributed by atoms with E-state index in [1.165, 1.54) is 11.3 Å². The quantitative estimate of drug-likeness (QED) is 0.918. The molecule has 1 aliphatic rings. The lowest BCUT2D eigenvalue weighted by Crippen LogP contribution is -2.39. The molecule has 2 aromatic rings. The minimum absolute atomic E-state index is 0.0774. The van der Waals surface area contributed by atoms with Crippen LogP contribution in [0.2, 0.25) is 0 Å². The Bertz CT molecular complexity index is 724. The van der Waals surface area contributed by atoms with Gasteiger partial charge in [-0.05, 0) is 18.9 Å². The van der Waals surface area contributed by atoms with Gasteiger partial charge >= 0.3 is 0 Å². The first-order valence-electron chi connectivity index (χ1n) is 7.58. The monoisotopic (exact) mass is 334 g/mol. The van der Waals surface area contributed by atoms with Crippen molar-refractivity contribution in [3.8, 4) is 0 Å². The summed E-state index contributed by atoms with van der Waals surface area (Å²) in [6.07, 6.45) is 2.53. The van der Waals surface area contributed by atoms with Crippen LogP contribution >= 0.6 is 11.3 Å². The molecule has 0 aliphatic carbocycles. The van der Waals surface area contributed by atoms with Gasteiger partial charge in [-0.2, -0.15) is 4.98 Å². The summed E-state index contributed by atoms with van der Waals surface area (Å²) in [6.45, 7) is 3.21. The minimum atomic E-state index is -0.518. The Morgan fingerprint density at radius 2 is 2.35 bits per heavy atom. The highest BCUT2D eigenvalue weighted by atomic mass is 32.1. The van der Waals surface area contributed by atoms with Crippen molar-refractivity contribution >= 4 is 23.2 Å². The maximum Gasteiger partial charge on any atom is 0.263 e. The van der Waals surface area contributed by atoms with Gasteiger partial charge in [0.05, 0.1) is 10.4 Å². The number of hydrogen-bond donors (Lipinski definition) is 1. The molecule has 0 aromatic carbocycles. The first-order chi connectivity index (χ1) is 11.1. The predicted molar refractivity (Wildman–Crippen MR) is 84.4 cm³/mol. The van der Waals surface area contributed by atoms with Crippen LogP contribution in [-0.2, 0) is 6.42 Å². The summed E-state index contributed by atoms with van der Waals surface area (Å²) in [5.41, 5.74) is 5.61. The number of rotatable bonds is 4. The molecule has 3 rings (SSSR count). The average molecular weight is 334 g/mol. The Hall–Kier alpha value is -2.22. The summed E-state index contributed by atoms with van der Waals surface area (Å²) in [5.74, 6) is 0.783. The fraction of sp³-hybridized carbons (Fsp3) is 0.467. The lowest BCUT2D eigenvalue weighted by atomic mass is 9.97. The van der Waals surface area contributed by atoms with E-state index in [1.807, 2.05) is 6.92 Å². The lowest BCUT2D eigenvalue weighted by molar-refractivity contribution is 0.0708. The molecule has 8 heteroatoms. The van der Waals surface area contributed by atoms with Crippen LogP contribution in [-0.4, -0.2) is 39.9 Å². The third kappa shape index (κ3) is 3.26. The molecule has 3 heterocycles. The number of amides is 2. The predicted octanol–water partition coefficient (Wildman–Crippen LogP) is 1.81. The number of nitrogens with two attached hydrogens (primary N) is 1. The molecule has 1 aliphatic heterocycles. The third-order valence-electron chi connectivity index (χ3n) is 3.95. The molecule has 2 aromatic heterocycles. The second-order valence-corrected chi connectivity index (χ2v) is 6.47. The molecule has 0 bridgehead atoms. The SMILES string of the molecule is CCc1nc([C@H]2CCCN(C(=O)c3cc(C(N)=O)cs3)C2)no1. The van der Waals surface area contributed by atoms with Crippen molar-refractivity contribution in [2.75, 3.05) is 13.1 Å². The zero-order chi connectivity index (χ0) is 16.4. The van der Waals surface area contributed by atoms with E-state index >= 15 is 0 Å². The molecule has 23 heavy (non-hydrogen) atoms. The first kappa shape index (κ1) is 15.7. The van der Waals surface area contributed by atoms with Gasteiger partial charge < -0.3 is 15.2 Å². The second kappa shape index (κ2) is 6.49. The molecular weight excluding hydrogens is 316 g/mol. The van der Waals surface area contributed by atoms with Crippen LogP contribution in [0.5, 0.6) is 0 Å². The van der Waals surface area contributed by atoms with Gasteiger partial charge in [0.15, 0.2) is 5.82 Å². The van der Waals surface area contributed by atoms with Crippen molar-refractivity contribution in [2.45, 2.75) is 32.1 Å². The van der Waals surface area contributed by atoms with Gasteiger partial charge in [-0.25, -0.2) is 0 Å². The molecular formula is C15H18N4O3S. The van der Waals surface area contributed by atoms with Crippen molar-refractivity contribution in [1.82, 2.24) is 15.0 Å². The van der Waals surface area contributed by atoms with Gasteiger partial charge in [0.25, 0.3) is 5.91 Å². The molecule has 1 fully saturated rings. The van der Waals surface area contributed by atoms with Crippen LogP contribution < -0.4 is 5.73 Å². The van der Waals surface area contributed by atoms with Crippen LogP contribution in [0, 0.1) is 0 Å². The first-order valence-corrected chi connectivity index (χ1v) is 8.46. The van der Waals surface area contributed by atoms with Crippen molar-refractivity contribution in [3.05, 3.63) is 33.6 Å². The number of nitrogens with zero attached hydrogens (tertiary/aromatic N) is 3. The van der Waals surface area contributed by atoms with Gasteiger partial charge in [0, 0.05) is 30.8 Å². The highest BCUT2D eigenvalue weighted by Gasteiger charge is 2.29. The third-order valence-corrected chi connectivity index (χ3v) is 4.87. The molecule has 1 saturated heterocycles. The number of aryl methyl sites for hydroxylation is 1. The van der Waals surface area contributed by atoms with Crippen LogP contribution in [0.3, 0.4) is 0 Å². The van der Waals surface area contributed by atoms with Gasteiger partial charge in [0.1, 0.15) is 0 Å². The summed E-state index contributed by atoms with van der Waals surface area (Å²) in [6, 6.07) is 1.56. The number of carbonyl (C=O) groups excluding carboxylic acids is 2. The number of thiophene rings is 1. The Morgan fingerprint density at radius 1 is 1.52 bits per heavy atom. The van der Waals surface area contributed by atoms with Crippen LogP contribution in [0.15, 0.2) is 16.0 Å². The molecule has 2 N–H and O–H groups in total. The maximum absolute atomic E-state index is 12.6. The normalized spacial score (nSPS) is 18.1. The van der Waals surface area contributed by atoms with E-state index in [2.05, 4.69) is 10.1 Å². The Labute approximate surface area is 137 Å². The number of carbonyl (C=O) groups is 2. The largest absolute Gasteiger partial charge is 0.366 e. The maximum atomic E-state index is 12.6. The van der Waals surface area contributed by atoms with E-state index in [0.717, 1.165) is 12.8 Å². The van der Waals surface area contributed by atoms with E-state index in [9.17, 15) is 9.59 Å². The highest BCUT2D eigenvalue weighted by Crippen LogP contribution is 2.27. The molecule has 0 unspecified atom stereocenters. The summed E-state index contributed by atoms with van der Waals surface area (Å²) >= 11 is 1.24. The number of likely N-dealkylation sites (tertiary alicyclic amines) is 1. The van der Waals surface area contributed by atoms with E-state index in [0.29, 0.717) is 41.7 Å². The van der Waals surface area contributed by atoms with Crippen LogP contribution in [0.1, 0.15) is 57.4 Å². The number of primary amides is 1. The standard InChI is InChI=1S/C15H18N4O3S/c1-2-12-17-14(18-22-12)9-4-3-5-19(7-9)15(21)11-6-10(8-23-11)13(16)20/h6,8-9H,2-5,7H2,1H3,(H2,16,20)/t9-/m0/s1. The van der Waals surface area contributed by atoms with E-state index in [4.69, 9.17) is 10.3 Å². The molecule has 0 radical (unpaired) electrons. The molecule has 122 valence electrons. The summed E-state index contributed by atoms with van der Waals surface area (Å²) < 4.78 is 5.16. The zero-order valence-electron chi connectivity index (χ0n) is 12.8. The fourth-order valence-corrected chi connectivity index (χ4v) is 3.55. The number of hydrogen-bond acceptors (Lipinski definition) is 6. The van der Waals surface area contributed by atoms with Gasteiger partial charge in [0.2, 0.25) is 11.8 Å². The molecule has 7 nitrogen and oxygen atoms in total. The van der Waals surface area contributed by atoms with Gasteiger partial charge in [-0.3, -0.25) is 9.59 Å². The summed E-state index contributed by atoms with van der Waals surface area (Å²) in [5, 5.41) is 5.64. The minimum Gasteiger partial charge on any atom is -0.366 e. The van der Waals surface area contributed by atoms with Crippen molar-refractivity contribution in [2.24, 2.45) is 5.73 Å². The molecule has 1 atom stereocenters. The van der Waals surface area contributed by atoms with Crippen LogP contribution in [0.4, 0.5) is 0 Å². The number of piperidine rings is 1. The average Bonchev–Trinajstić information content (AvgIpc) is 3.23. The molecule has 2 amide bonds. The Morgan fingerprint density at radius 3 is 3.00 bits per heavy atom. The lowest BCUT2D eigenvalue weighted by Gasteiger charge is -2.30. The molecule has 0 spiro atoms. The van der Waals surface area contributed by atoms with Crippen molar-refractivity contribution in [1.29, 1.82) is 0 Å². The van der Waals surface area contributed by atoms with E-state index in [-0.39, 0.29) is 11.8 Å². The fourth-order valence-electron chi connectivity index (χ4n) is 2.68. The van der Waals surface area contributed by atoms with E-state index in [1.54, 1.807) is 16.3 Å². The summed E-state index contributed by atoms with van der Waals surface area (Å²) in [7, 11) is 0.